The van der Waals surface area contributed by atoms with Crippen LogP contribution in [0, 0.1) is 12.8 Å². The van der Waals surface area contributed by atoms with Crippen molar-refractivity contribution in [1.82, 2.24) is 4.90 Å². The van der Waals surface area contributed by atoms with Crippen molar-refractivity contribution in [3.63, 3.8) is 0 Å². The van der Waals surface area contributed by atoms with Gasteiger partial charge in [0.2, 0.25) is 0 Å². The number of aliphatic hydroxyl groups is 1. The summed E-state index contributed by atoms with van der Waals surface area (Å²) in [5.74, 6) is 0.667. The molecule has 2 unspecified atom stereocenters. The van der Waals surface area contributed by atoms with E-state index in [9.17, 15) is 5.11 Å². The van der Waals surface area contributed by atoms with Crippen LogP contribution < -0.4 is 0 Å². The van der Waals surface area contributed by atoms with Crippen LogP contribution in [-0.4, -0.2) is 43.4 Å². The Balaban J connectivity index is 1.78. The molecule has 0 radical (unpaired) electrons. The largest absolute Gasteiger partial charge is 0.388 e. The summed E-state index contributed by atoms with van der Waals surface area (Å²) < 4.78 is 5.21. The predicted molar refractivity (Wildman–Crippen MR) is 77.2 cm³/mol. The maximum absolute atomic E-state index is 10.3. The summed E-state index contributed by atoms with van der Waals surface area (Å²) >= 11 is 0. The van der Waals surface area contributed by atoms with Crippen molar-refractivity contribution in [3.8, 4) is 0 Å². The van der Waals surface area contributed by atoms with Gasteiger partial charge in [-0.15, -0.1) is 0 Å². The van der Waals surface area contributed by atoms with Crippen LogP contribution in [0.25, 0.3) is 0 Å². The maximum Gasteiger partial charge on any atom is 0.0804 e. The van der Waals surface area contributed by atoms with Crippen LogP contribution in [0.2, 0.25) is 0 Å². The number of hydrogen-bond donors (Lipinski definition) is 1. The minimum Gasteiger partial charge on any atom is -0.388 e. The van der Waals surface area contributed by atoms with E-state index in [-0.39, 0.29) is 6.10 Å². The molecule has 1 heterocycles. The SMILES string of the molecule is COCC1CCN(CCC(O)c2ccccc2C)C1. The quantitative estimate of drug-likeness (QED) is 0.855. The molecule has 2 rings (SSSR count). The topological polar surface area (TPSA) is 32.7 Å². The first kappa shape index (κ1) is 14.5. The van der Waals surface area contributed by atoms with Gasteiger partial charge >= 0.3 is 0 Å². The fourth-order valence-corrected chi connectivity index (χ4v) is 2.91. The number of likely N-dealkylation sites (tertiary alicyclic amines) is 1. The number of nitrogens with zero attached hydrogens (tertiary/aromatic N) is 1. The summed E-state index contributed by atoms with van der Waals surface area (Å²) in [4.78, 5) is 2.44. The average molecular weight is 263 g/mol. The molecule has 1 aromatic carbocycles. The summed E-state index contributed by atoms with van der Waals surface area (Å²) in [5, 5.41) is 10.3. The van der Waals surface area contributed by atoms with E-state index < -0.39 is 0 Å². The van der Waals surface area contributed by atoms with E-state index in [4.69, 9.17) is 4.74 Å². The number of aliphatic hydroxyl groups excluding tert-OH is 1. The van der Waals surface area contributed by atoms with Gasteiger partial charge in [0.05, 0.1) is 12.7 Å². The fourth-order valence-electron chi connectivity index (χ4n) is 2.91. The van der Waals surface area contributed by atoms with E-state index in [1.54, 1.807) is 7.11 Å². The minimum atomic E-state index is -0.345. The Morgan fingerprint density at radius 1 is 1.42 bits per heavy atom. The van der Waals surface area contributed by atoms with Crippen molar-refractivity contribution in [2.24, 2.45) is 5.92 Å². The van der Waals surface area contributed by atoms with Gasteiger partial charge in [-0.25, -0.2) is 0 Å². The van der Waals surface area contributed by atoms with E-state index in [1.807, 2.05) is 18.2 Å². The van der Waals surface area contributed by atoms with E-state index in [2.05, 4.69) is 17.9 Å². The molecule has 3 heteroatoms. The normalized spacial score (nSPS) is 21.7. The van der Waals surface area contributed by atoms with Crippen molar-refractivity contribution < 1.29 is 9.84 Å². The average Bonchev–Trinajstić information content (AvgIpc) is 2.85. The molecule has 2 atom stereocenters. The van der Waals surface area contributed by atoms with Crippen LogP contribution in [0.15, 0.2) is 24.3 Å². The van der Waals surface area contributed by atoms with Gasteiger partial charge in [-0.05, 0) is 43.4 Å². The van der Waals surface area contributed by atoms with E-state index in [1.165, 1.54) is 12.0 Å². The molecule has 19 heavy (non-hydrogen) atoms. The molecule has 1 aliphatic heterocycles. The van der Waals surface area contributed by atoms with Crippen LogP contribution in [0.4, 0.5) is 0 Å². The van der Waals surface area contributed by atoms with Crippen molar-refractivity contribution in [1.29, 1.82) is 0 Å². The highest BCUT2D eigenvalue weighted by atomic mass is 16.5. The molecule has 1 aliphatic rings. The summed E-state index contributed by atoms with van der Waals surface area (Å²) in [6.45, 7) is 6.12. The summed E-state index contributed by atoms with van der Waals surface area (Å²) in [6.07, 6.45) is 1.68. The van der Waals surface area contributed by atoms with Crippen molar-refractivity contribution >= 4 is 0 Å². The van der Waals surface area contributed by atoms with E-state index in [0.29, 0.717) is 5.92 Å². The van der Waals surface area contributed by atoms with Crippen molar-refractivity contribution in [2.45, 2.75) is 25.9 Å². The van der Waals surface area contributed by atoms with Crippen LogP contribution >= 0.6 is 0 Å². The lowest BCUT2D eigenvalue weighted by atomic mass is 10.0. The number of benzene rings is 1. The Morgan fingerprint density at radius 3 is 2.95 bits per heavy atom. The molecular weight excluding hydrogens is 238 g/mol. The molecule has 1 fully saturated rings. The molecule has 0 bridgehead atoms. The monoisotopic (exact) mass is 263 g/mol. The Kier molecular flexibility index (Phi) is 5.37. The smallest absolute Gasteiger partial charge is 0.0804 e. The molecule has 1 saturated heterocycles. The second-order valence-corrected chi connectivity index (χ2v) is 5.57. The third-order valence-electron chi connectivity index (χ3n) is 4.04. The van der Waals surface area contributed by atoms with Gasteiger partial charge in [-0.2, -0.15) is 0 Å². The van der Waals surface area contributed by atoms with Crippen LogP contribution in [0.1, 0.15) is 30.1 Å². The minimum absolute atomic E-state index is 0.345. The summed E-state index contributed by atoms with van der Waals surface area (Å²) in [6, 6.07) is 8.10. The third kappa shape index (κ3) is 4.03. The van der Waals surface area contributed by atoms with Gasteiger partial charge < -0.3 is 14.7 Å². The predicted octanol–water partition coefficient (Wildman–Crippen LogP) is 2.39. The second-order valence-electron chi connectivity index (χ2n) is 5.57. The van der Waals surface area contributed by atoms with E-state index >= 15 is 0 Å². The van der Waals surface area contributed by atoms with Crippen LogP contribution in [0.3, 0.4) is 0 Å². The van der Waals surface area contributed by atoms with Gasteiger partial charge in [-0.1, -0.05) is 24.3 Å². The van der Waals surface area contributed by atoms with Crippen molar-refractivity contribution in [2.75, 3.05) is 33.4 Å². The molecule has 0 aromatic heterocycles. The van der Waals surface area contributed by atoms with Gasteiger partial charge in [0.15, 0.2) is 0 Å². The van der Waals surface area contributed by atoms with Crippen LogP contribution in [0.5, 0.6) is 0 Å². The highest BCUT2D eigenvalue weighted by Crippen LogP contribution is 2.22. The first-order valence-corrected chi connectivity index (χ1v) is 7.15. The third-order valence-corrected chi connectivity index (χ3v) is 4.04. The highest BCUT2D eigenvalue weighted by molar-refractivity contribution is 5.27. The maximum atomic E-state index is 10.3. The van der Waals surface area contributed by atoms with E-state index in [0.717, 1.165) is 38.2 Å². The number of hydrogen-bond acceptors (Lipinski definition) is 3. The number of ether oxygens (including phenoxy) is 1. The summed E-state index contributed by atoms with van der Waals surface area (Å²) in [5.41, 5.74) is 2.24. The van der Waals surface area contributed by atoms with Gasteiger partial charge in [-0.3, -0.25) is 0 Å². The Morgan fingerprint density at radius 2 is 2.21 bits per heavy atom. The molecule has 0 amide bonds. The zero-order valence-corrected chi connectivity index (χ0v) is 12.0. The molecule has 3 nitrogen and oxygen atoms in total. The molecule has 0 spiro atoms. The first-order chi connectivity index (χ1) is 9.20. The second kappa shape index (κ2) is 7.04. The number of aryl methyl sites for hydroxylation is 1. The Labute approximate surface area is 116 Å². The van der Waals surface area contributed by atoms with Crippen LogP contribution in [-0.2, 0) is 4.74 Å². The number of rotatable bonds is 6. The molecule has 0 aliphatic carbocycles. The zero-order chi connectivity index (χ0) is 13.7. The van der Waals surface area contributed by atoms with Crippen molar-refractivity contribution in [3.05, 3.63) is 35.4 Å². The standard InChI is InChI=1S/C16H25NO2/c1-13-5-3-4-6-15(13)16(18)8-10-17-9-7-14(11-17)12-19-2/h3-6,14,16,18H,7-12H2,1-2H3. The lowest BCUT2D eigenvalue weighted by molar-refractivity contribution is 0.137. The molecular formula is C16H25NO2. The Bertz CT molecular complexity index is 394. The molecule has 106 valence electrons. The lowest BCUT2D eigenvalue weighted by Crippen LogP contribution is -2.24. The zero-order valence-electron chi connectivity index (χ0n) is 12.0. The fraction of sp³-hybridized carbons (Fsp3) is 0.625. The summed E-state index contributed by atoms with van der Waals surface area (Å²) in [7, 11) is 1.77. The van der Waals surface area contributed by atoms with Gasteiger partial charge in [0, 0.05) is 20.2 Å². The number of methoxy groups -OCH3 is 1. The first-order valence-electron chi connectivity index (χ1n) is 7.15. The molecule has 0 saturated carbocycles. The van der Waals surface area contributed by atoms with Gasteiger partial charge in [0.25, 0.3) is 0 Å². The Hall–Kier alpha value is -0.900. The lowest BCUT2D eigenvalue weighted by Gasteiger charge is -2.19. The molecule has 1 N–H and O–H groups in total. The van der Waals surface area contributed by atoms with Gasteiger partial charge in [0.1, 0.15) is 0 Å². The molecule has 1 aromatic rings. The highest BCUT2D eigenvalue weighted by Gasteiger charge is 2.22.